The maximum Gasteiger partial charge on any atom is 0.264 e. The van der Waals surface area contributed by atoms with Crippen LogP contribution >= 0.6 is 27.5 Å². The van der Waals surface area contributed by atoms with Gasteiger partial charge in [0.1, 0.15) is 12.3 Å². The van der Waals surface area contributed by atoms with E-state index in [0.29, 0.717) is 22.0 Å². The van der Waals surface area contributed by atoms with Gasteiger partial charge >= 0.3 is 0 Å². The number of halogens is 2. The SMILES string of the molecule is COc1ccc(Br)cc1/C=N\NC(=O)CN(c1ccc(Cl)cc1)S(=O)(=O)c1ccc(C)cc1. The number of ether oxygens (including phenoxy) is 1. The molecule has 0 unspecified atom stereocenters. The van der Waals surface area contributed by atoms with Crippen LogP contribution < -0.4 is 14.5 Å². The van der Waals surface area contributed by atoms with Gasteiger partial charge in [-0.2, -0.15) is 5.10 Å². The van der Waals surface area contributed by atoms with Gasteiger partial charge in [-0.1, -0.05) is 45.2 Å². The molecule has 33 heavy (non-hydrogen) atoms. The summed E-state index contributed by atoms with van der Waals surface area (Å²) in [5.74, 6) is -0.0493. The van der Waals surface area contributed by atoms with Gasteiger partial charge in [0.2, 0.25) is 0 Å². The first-order valence-corrected chi connectivity index (χ1v) is 12.3. The predicted octanol–water partition coefficient (Wildman–Crippen LogP) is 4.77. The summed E-state index contributed by atoms with van der Waals surface area (Å²) in [6.45, 7) is 1.38. The van der Waals surface area contributed by atoms with E-state index >= 15 is 0 Å². The number of benzene rings is 3. The number of hydrogen-bond donors (Lipinski definition) is 1. The summed E-state index contributed by atoms with van der Waals surface area (Å²) >= 11 is 9.32. The smallest absolute Gasteiger partial charge is 0.264 e. The van der Waals surface area contributed by atoms with Crippen molar-refractivity contribution >= 4 is 55.4 Å². The summed E-state index contributed by atoms with van der Waals surface area (Å²) in [5.41, 5.74) is 4.22. The minimum absolute atomic E-state index is 0.0678. The van der Waals surface area contributed by atoms with Crippen LogP contribution in [-0.4, -0.2) is 34.2 Å². The van der Waals surface area contributed by atoms with Crippen molar-refractivity contribution in [1.82, 2.24) is 5.43 Å². The molecule has 0 atom stereocenters. The van der Waals surface area contributed by atoms with Crippen LogP contribution in [0.1, 0.15) is 11.1 Å². The summed E-state index contributed by atoms with van der Waals surface area (Å²) in [5, 5.41) is 4.40. The van der Waals surface area contributed by atoms with E-state index in [1.807, 2.05) is 13.0 Å². The van der Waals surface area contributed by atoms with Gasteiger partial charge in [0.25, 0.3) is 15.9 Å². The van der Waals surface area contributed by atoms with Crippen LogP contribution in [-0.2, 0) is 14.8 Å². The van der Waals surface area contributed by atoms with Crippen LogP contribution in [0.2, 0.25) is 5.02 Å². The first kappa shape index (κ1) is 24.8. The molecule has 0 aromatic heterocycles. The van der Waals surface area contributed by atoms with Crippen molar-refractivity contribution < 1.29 is 17.9 Å². The lowest BCUT2D eigenvalue weighted by Crippen LogP contribution is -2.39. The summed E-state index contributed by atoms with van der Waals surface area (Å²) in [4.78, 5) is 12.7. The van der Waals surface area contributed by atoms with Crippen molar-refractivity contribution in [3.8, 4) is 5.75 Å². The van der Waals surface area contributed by atoms with Gasteiger partial charge in [0.05, 0.1) is 23.9 Å². The maximum absolute atomic E-state index is 13.3. The molecule has 0 aliphatic heterocycles. The number of carbonyl (C=O) groups excluding carboxylic acids is 1. The fraction of sp³-hybridized carbons (Fsp3) is 0.130. The monoisotopic (exact) mass is 549 g/mol. The molecule has 3 aromatic carbocycles. The van der Waals surface area contributed by atoms with Crippen LogP contribution in [0, 0.1) is 6.92 Å². The normalized spacial score (nSPS) is 11.4. The Morgan fingerprint density at radius 1 is 1.12 bits per heavy atom. The molecular weight excluding hydrogens is 530 g/mol. The molecule has 0 heterocycles. The molecule has 7 nitrogen and oxygen atoms in total. The number of sulfonamides is 1. The van der Waals surface area contributed by atoms with E-state index < -0.39 is 22.5 Å². The lowest BCUT2D eigenvalue weighted by Gasteiger charge is -2.23. The van der Waals surface area contributed by atoms with Gasteiger partial charge in [-0.25, -0.2) is 13.8 Å². The van der Waals surface area contributed by atoms with Crippen molar-refractivity contribution in [3.05, 3.63) is 87.4 Å². The number of methoxy groups -OCH3 is 1. The van der Waals surface area contributed by atoms with Crippen molar-refractivity contribution in [2.45, 2.75) is 11.8 Å². The molecule has 0 saturated carbocycles. The summed E-state index contributed by atoms with van der Waals surface area (Å²) in [6.07, 6.45) is 1.42. The second-order valence-electron chi connectivity index (χ2n) is 6.98. The van der Waals surface area contributed by atoms with Gasteiger partial charge in [0.15, 0.2) is 0 Å². The van der Waals surface area contributed by atoms with Crippen molar-refractivity contribution in [2.24, 2.45) is 5.10 Å². The Morgan fingerprint density at radius 2 is 1.79 bits per heavy atom. The third-order valence-electron chi connectivity index (χ3n) is 4.60. The lowest BCUT2D eigenvalue weighted by atomic mass is 10.2. The lowest BCUT2D eigenvalue weighted by molar-refractivity contribution is -0.119. The number of nitrogens with one attached hydrogen (secondary N) is 1. The Morgan fingerprint density at radius 3 is 2.42 bits per heavy atom. The van der Waals surface area contributed by atoms with Gasteiger partial charge in [-0.3, -0.25) is 9.10 Å². The molecule has 172 valence electrons. The van der Waals surface area contributed by atoms with E-state index in [1.54, 1.807) is 36.4 Å². The predicted molar refractivity (Wildman–Crippen MR) is 134 cm³/mol. The topological polar surface area (TPSA) is 88.1 Å². The molecule has 3 aromatic rings. The molecule has 0 fully saturated rings. The fourth-order valence-corrected chi connectivity index (χ4v) is 4.83. The Labute approximate surface area is 206 Å². The number of hydrogen-bond acceptors (Lipinski definition) is 5. The largest absolute Gasteiger partial charge is 0.496 e. The number of aryl methyl sites for hydroxylation is 1. The zero-order valence-electron chi connectivity index (χ0n) is 17.8. The van der Waals surface area contributed by atoms with E-state index in [2.05, 4.69) is 26.5 Å². The Hall–Kier alpha value is -2.88. The fourth-order valence-electron chi connectivity index (χ4n) is 2.91. The maximum atomic E-state index is 13.3. The Balaban J connectivity index is 1.84. The highest BCUT2D eigenvalue weighted by molar-refractivity contribution is 9.10. The molecule has 0 spiro atoms. The second-order valence-corrected chi connectivity index (χ2v) is 10.2. The molecule has 0 saturated heterocycles. The zero-order chi connectivity index (χ0) is 24.0. The van der Waals surface area contributed by atoms with Crippen LogP contribution in [0.15, 0.2) is 81.2 Å². The zero-order valence-corrected chi connectivity index (χ0v) is 21.0. The molecule has 0 aliphatic rings. The van der Waals surface area contributed by atoms with E-state index in [9.17, 15) is 13.2 Å². The second kappa shape index (κ2) is 10.8. The number of nitrogens with zero attached hydrogens (tertiary/aromatic N) is 2. The summed E-state index contributed by atoms with van der Waals surface area (Å²) in [6, 6.07) is 17.9. The summed E-state index contributed by atoms with van der Waals surface area (Å²) < 4.78 is 33.8. The van der Waals surface area contributed by atoms with Gasteiger partial charge in [-0.15, -0.1) is 0 Å². The molecule has 1 amide bonds. The quantitative estimate of drug-likeness (QED) is 0.323. The molecule has 0 bridgehead atoms. The van der Waals surface area contributed by atoms with Crippen LogP contribution in [0.4, 0.5) is 5.69 Å². The number of amides is 1. The highest BCUT2D eigenvalue weighted by atomic mass is 79.9. The number of carbonyl (C=O) groups is 1. The minimum Gasteiger partial charge on any atom is -0.496 e. The standard InChI is InChI=1S/C23H21BrClN3O4S/c1-16-3-10-21(11-4-16)33(30,31)28(20-8-6-19(25)7-9-20)15-23(29)27-26-14-17-13-18(24)5-12-22(17)32-2/h3-14H,15H2,1-2H3,(H,27,29)/b26-14-. The summed E-state index contributed by atoms with van der Waals surface area (Å²) in [7, 11) is -2.49. The molecular formula is C23H21BrClN3O4S. The Kier molecular flexibility index (Phi) is 8.12. The van der Waals surface area contributed by atoms with Gasteiger partial charge in [0, 0.05) is 15.1 Å². The van der Waals surface area contributed by atoms with E-state index in [0.717, 1.165) is 14.3 Å². The average molecular weight is 551 g/mol. The van der Waals surface area contributed by atoms with Gasteiger partial charge < -0.3 is 4.74 Å². The molecule has 3 rings (SSSR count). The van der Waals surface area contributed by atoms with Crippen molar-refractivity contribution in [2.75, 3.05) is 18.0 Å². The minimum atomic E-state index is -4.02. The molecule has 1 N–H and O–H groups in total. The number of hydrazone groups is 1. The van der Waals surface area contributed by atoms with Crippen molar-refractivity contribution in [1.29, 1.82) is 0 Å². The third kappa shape index (κ3) is 6.34. The highest BCUT2D eigenvalue weighted by Crippen LogP contribution is 2.25. The first-order chi connectivity index (χ1) is 15.7. The first-order valence-electron chi connectivity index (χ1n) is 9.71. The number of rotatable bonds is 8. The molecule has 10 heteroatoms. The number of anilines is 1. The molecule has 0 aliphatic carbocycles. The highest BCUT2D eigenvalue weighted by Gasteiger charge is 2.27. The van der Waals surface area contributed by atoms with Crippen LogP contribution in [0.3, 0.4) is 0 Å². The van der Waals surface area contributed by atoms with E-state index in [-0.39, 0.29) is 4.90 Å². The Bertz CT molecular complexity index is 1260. The van der Waals surface area contributed by atoms with Crippen LogP contribution in [0.25, 0.3) is 0 Å². The molecule has 0 radical (unpaired) electrons. The van der Waals surface area contributed by atoms with Gasteiger partial charge in [-0.05, 0) is 61.5 Å². The average Bonchev–Trinajstić information content (AvgIpc) is 2.78. The van der Waals surface area contributed by atoms with E-state index in [4.69, 9.17) is 16.3 Å². The van der Waals surface area contributed by atoms with Crippen molar-refractivity contribution in [3.63, 3.8) is 0 Å². The third-order valence-corrected chi connectivity index (χ3v) is 7.13. The van der Waals surface area contributed by atoms with Crippen LogP contribution in [0.5, 0.6) is 5.75 Å². The van der Waals surface area contributed by atoms with E-state index in [1.165, 1.54) is 37.6 Å².